The van der Waals surface area contributed by atoms with E-state index in [0.29, 0.717) is 0 Å². The van der Waals surface area contributed by atoms with E-state index in [-0.39, 0.29) is 6.04 Å². The molecule has 0 saturated heterocycles. The smallest absolute Gasteiger partial charge is 0.134 e. The maximum atomic E-state index is 6.82. The molecule has 8 aromatic rings. The van der Waals surface area contributed by atoms with Gasteiger partial charge in [-0.15, -0.1) is 0 Å². The second-order valence-electron chi connectivity index (χ2n) is 14.1. The molecule has 10 rings (SSSR count). The SMILES string of the molecule is C/C(=C\c1ccc(-c2ccccc2)c2ccccc12)C(Nc1ccc2c(c1)Oc1ccccc1C21c2ccccc2-c2ccccc21)c1ccccc1. The molecule has 0 saturated carbocycles. The molecule has 0 radical (unpaired) electrons. The van der Waals surface area contributed by atoms with Crippen LogP contribution in [0.15, 0.2) is 194 Å². The van der Waals surface area contributed by atoms with E-state index in [2.05, 4.69) is 206 Å². The average molecular weight is 680 g/mol. The van der Waals surface area contributed by atoms with Gasteiger partial charge in [-0.05, 0) is 79.9 Å². The van der Waals surface area contributed by atoms with Crippen LogP contribution in [0.5, 0.6) is 11.5 Å². The lowest BCUT2D eigenvalue weighted by Crippen LogP contribution is -2.32. The minimum Gasteiger partial charge on any atom is -0.457 e. The van der Waals surface area contributed by atoms with Crippen LogP contribution in [0.2, 0.25) is 0 Å². The van der Waals surface area contributed by atoms with Crippen molar-refractivity contribution in [3.63, 3.8) is 0 Å². The first-order chi connectivity index (χ1) is 26.2. The summed E-state index contributed by atoms with van der Waals surface area (Å²) < 4.78 is 6.82. The number of hydrogen-bond acceptors (Lipinski definition) is 2. The first-order valence-corrected chi connectivity index (χ1v) is 18.4. The van der Waals surface area contributed by atoms with Gasteiger partial charge < -0.3 is 10.1 Å². The lowest BCUT2D eigenvalue weighted by atomic mass is 9.66. The Morgan fingerprint density at radius 2 is 1.09 bits per heavy atom. The van der Waals surface area contributed by atoms with Gasteiger partial charge in [0, 0.05) is 22.9 Å². The van der Waals surface area contributed by atoms with Crippen LogP contribution in [-0.2, 0) is 5.41 Å². The van der Waals surface area contributed by atoms with Gasteiger partial charge in [0.25, 0.3) is 0 Å². The van der Waals surface area contributed by atoms with Crippen LogP contribution in [-0.4, -0.2) is 0 Å². The molecule has 0 aromatic heterocycles. The van der Waals surface area contributed by atoms with Crippen molar-refractivity contribution in [1.82, 2.24) is 0 Å². The number of nitrogens with one attached hydrogen (secondary N) is 1. The Balaban J connectivity index is 1.08. The Labute approximate surface area is 310 Å². The molecular weight excluding hydrogens is 643 g/mol. The zero-order valence-electron chi connectivity index (χ0n) is 29.5. The Hall–Kier alpha value is -6.64. The topological polar surface area (TPSA) is 21.3 Å². The number of hydrogen-bond donors (Lipinski definition) is 1. The first-order valence-electron chi connectivity index (χ1n) is 18.4. The van der Waals surface area contributed by atoms with Crippen molar-refractivity contribution in [2.45, 2.75) is 18.4 Å². The monoisotopic (exact) mass is 679 g/mol. The molecule has 1 heterocycles. The van der Waals surface area contributed by atoms with Gasteiger partial charge in [-0.2, -0.15) is 0 Å². The minimum absolute atomic E-state index is 0.0698. The van der Waals surface area contributed by atoms with Crippen LogP contribution in [0.3, 0.4) is 0 Å². The fourth-order valence-corrected chi connectivity index (χ4v) is 8.87. The molecule has 2 aliphatic rings. The lowest BCUT2D eigenvalue weighted by molar-refractivity contribution is 0.436. The molecule has 53 heavy (non-hydrogen) atoms. The van der Waals surface area contributed by atoms with E-state index >= 15 is 0 Å². The minimum atomic E-state index is -0.475. The van der Waals surface area contributed by atoms with Crippen molar-refractivity contribution in [3.05, 3.63) is 227 Å². The van der Waals surface area contributed by atoms with Crippen LogP contribution in [0, 0.1) is 0 Å². The number of anilines is 1. The fourth-order valence-electron chi connectivity index (χ4n) is 8.87. The van der Waals surface area contributed by atoms with Gasteiger partial charge in [0.05, 0.1) is 11.5 Å². The average Bonchev–Trinajstić information content (AvgIpc) is 3.51. The molecule has 1 atom stereocenters. The Morgan fingerprint density at radius 3 is 1.83 bits per heavy atom. The van der Waals surface area contributed by atoms with Gasteiger partial charge in [-0.3, -0.25) is 0 Å². The van der Waals surface area contributed by atoms with Crippen molar-refractivity contribution in [1.29, 1.82) is 0 Å². The fraction of sp³-hybridized carbons (Fsp3) is 0.0588. The maximum Gasteiger partial charge on any atom is 0.134 e. The largest absolute Gasteiger partial charge is 0.457 e. The zero-order valence-corrected chi connectivity index (χ0v) is 29.5. The van der Waals surface area contributed by atoms with E-state index in [1.807, 2.05) is 0 Å². The van der Waals surface area contributed by atoms with Crippen molar-refractivity contribution in [2.75, 3.05) is 5.32 Å². The molecule has 0 fully saturated rings. The van der Waals surface area contributed by atoms with E-state index in [9.17, 15) is 0 Å². The van der Waals surface area contributed by atoms with Crippen LogP contribution in [0.25, 0.3) is 39.1 Å². The molecule has 0 bridgehead atoms. The van der Waals surface area contributed by atoms with Crippen molar-refractivity contribution in [3.8, 4) is 33.8 Å². The standard InChI is InChI=1S/C51H37NO/c1-34(32-37-28-30-40(35-16-4-2-5-17-35)41-21-9-8-20-39(37)41)50(36-18-6-3-7-19-36)52-38-29-31-47-49(33-38)53-48-27-15-14-26-46(48)51(47)44-24-12-10-22-42(44)43-23-11-13-25-45(43)51/h2-33,50,52H,1H3/b34-32+. The number of fused-ring (bicyclic) bond motifs is 10. The number of benzene rings is 8. The number of para-hydroxylation sites is 1. The summed E-state index contributed by atoms with van der Waals surface area (Å²) in [6, 6.07) is 67.6. The van der Waals surface area contributed by atoms with Crippen LogP contribution >= 0.6 is 0 Å². The van der Waals surface area contributed by atoms with Gasteiger partial charge in [0.15, 0.2) is 0 Å². The van der Waals surface area contributed by atoms with Gasteiger partial charge in [0.2, 0.25) is 0 Å². The normalized spacial score (nSPS) is 14.1. The van der Waals surface area contributed by atoms with Gasteiger partial charge >= 0.3 is 0 Å². The van der Waals surface area contributed by atoms with E-state index < -0.39 is 5.41 Å². The third-order valence-corrected chi connectivity index (χ3v) is 11.2. The maximum absolute atomic E-state index is 6.82. The van der Waals surface area contributed by atoms with Crippen LogP contribution in [0.4, 0.5) is 5.69 Å². The molecule has 2 heteroatoms. The molecule has 1 unspecified atom stereocenters. The third kappa shape index (κ3) is 4.94. The summed E-state index contributed by atoms with van der Waals surface area (Å²) in [6.45, 7) is 2.23. The molecule has 1 N–H and O–H groups in total. The molecule has 1 aliphatic carbocycles. The van der Waals surface area contributed by atoms with E-state index in [0.717, 1.165) is 22.7 Å². The molecule has 0 amide bonds. The molecule has 2 nitrogen and oxygen atoms in total. The van der Waals surface area contributed by atoms with Crippen LogP contribution < -0.4 is 10.1 Å². The van der Waals surface area contributed by atoms with E-state index in [1.165, 1.54) is 66.4 Å². The predicted octanol–water partition coefficient (Wildman–Crippen LogP) is 13.2. The molecule has 1 aliphatic heterocycles. The highest BCUT2D eigenvalue weighted by molar-refractivity contribution is 6.01. The number of ether oxygens (including phenoxy) is 1. The number of rotatable bonds is 6. The Bertz CT molecular complexity index is 2650. The van der Waals surface area contributed by atoms with Gasteiger partial charge in [0.1, 0.15) is 11.5 Å². The first kappa shape index (κ1) is 31.1. The molecule has 1 spiro atoms. The summed E-state index contributed by atoms with van der Waals surface area (Å²) in [7, 11) is 0. The summed E-state index contributed by atoms with van der Waals surface area (Å²) in [6.07, 6.45) is 2.34. The highest BCUT2D eigenvalue weighted by atomic mass is 16.5. The van der Waals surface area contributed by atoms with E-state index in [4.69, 9.17) is 4.74 Å². The summed E-state index contributed by atoms with van der Waals surface area (Å²) in [5.74, 6) is 1.77. The lowest BCUT2D eigenvalue weighted by Gasteiger charge is -2.39. The molecule has 252 valence electrons. The molecule has 8 aromatic carbocycles. The zero-order chi connectivity index (χ0) is 35.4. The highest BCUT2D eigenvalue weighted by Crippen LogP contribution is 2.62. The van der Waals surface area contributed by atoms with Crippen molar-refractivity contribution in [2.24, 2.45) is 0 Å². The second kappa shape index (κ2) is 12.5. The van der Waals surface area contributed by atoms with E-state index in [1.54, 1.807) is 0 Å². The summed E-state index contributed by atoms with van der Waals surface area (Å²) in [4.78, 5) is 0. The van der Waals surface area contributed by atoms with Gasteiger partial charge in [-0.25, -0.2) is 0 Å². The predicted molar refractivity (Wildman–Crippen MR) is 220 cm³/mol. The summed E-state index contributed by atoms with van der Waals surface area (Å²) in [5.41, 5.74) is 14.1. The quantitative estimate of drug-likeness (QED) is 0.189. The van der Waals surface area contributed by atoms with Crippen LogP contribution in [0.1, 0.15) is 46.3 Å². The second-order valence-corrected chi connectivity index (χ2v) is 14.1. The summed E-state index contributed by atoms with van der Waals surface area (Å²) >= 11 is 0. The van der Waals surface area contributed by atoms with Crippen molar-refractivity contribution < 1.29 is 4.74 Å². The Morgan fingerprint density at radius 1 is 0.509 bits per heavy atom. The summed E-state index contributed by atoms with van der Waals surface area (Å²) in [5, 5.41) is 6.43. The van der Waals surface area contributed by atoms with Gasteiger partial charge in [-0.1, -0.05) is 176 Å². The highest BCUT2D eigenvalue weighted by Gasteiger charge is 2.50. The molecular formula is C51H37NO. The van der Waals surface area contributed by atoms with Crippen molar-refractivity contribution >= 4 is 22.5 Å². The third-order valence-electron chi connectivity index (χ3n) is 11.2. The Kier molecular flexibility index (Phi) is 7.37.